The van der Waals surface area contributed by atoms with E-state index in [1.54, 1.807) is 7.11 Å². The second kappa shape index (κ2) is 10.2. The van der Waals surface area contributed by atoms with Crippen LogP contribution in [-0.4, -0.2) is 57.8 Å². The van der Waals surface area contributed by atoms with E-state index < -0.39 is 0 Å². The Kier molecular flexibility index (Phi) is 8.47. The maximum absolute atomic E-state index is 12.2. The van der Waals surface area contributed by atoms with Gasteiger partial charge >= 0.3 is 0 Å². The summed E-state index contributed by atoms with van der Waals surface area (Å²) in [6.45, 7) is 5.96. The van der Waals surface area contributed by atoms with E-state index in [-0.39, 0.29) is 5.91 Å². The van der Waals surface area contributed by atoms with Gasteiger partial charge in [-0.2, -0.15) is 0 Å². The van der Waals surface area contributed by atoms with E-state index in [1.807, 2.05) is 31.3 Å². The molecule has 21 heavy (non-hydrogen) atoms. The number of carbonyl (C=O) groups is 1. The molecule has 0 aromatic heterocycles. The van der Waals surface area contributed by atoms with Crippen molar-refractivity contribution in [2.75, 3.05) is 52.3 Å². The number of amides is 1. The van der Waals surface area contributed by atoms with Crippen molar-refractivity contribution in [2.45, 2.75) is 13.3 Å². The summed E-state index contributed by atoms with van der Waals surface area (Å²) in [6, 6.07) is 7.61. The second-order valence-corrected chi connectivity index (χ2v) is 5.02. The molecule has 0 aliphatic heterocycles. The Balaban J connectivity index is 2.44. The summed E-state index contributed by atoms with van der Waals surface area (Å²) in [5.74, 6) is -0.0330. The van der Waals surface area contributed by atoms with Gasteiger partial charge in [-0.05, 0) is 25.6 Å². The van der Waals surface area contributed by atoms with Crippen LogP contribution < -0.4 is 10.6 Å². The fourth-order valence-electron chi connectivity index (χ4n) is 1.91. The molecular weight excluding hydrogens is 266 g/mol. The third-order valence-corrected chi connectivity index (χ3v) is 3.19. The summed E-state index contributed by atoms with van der Waals surface area (Å²) in [5.41, 5.74) is 1.59. The molecule has 1 rings (SSSR count). The lowest BCUT2D eigenvalue weighted by Crippen LogP contribution is -2.34. The number of hydrogen-bond donors (Lipinski definition) is 2. The van der Waals surface area contributed by atoms with Gasteiger partial charge in [0.1, 0.15) is 0 Å². The number of carbonyl (C=O) groups excluding carboxylic acids is 1. The lowest BCUT2D eigenvalue weighted by Gasteiger charge is -2.17. The van der Waals surface area contributed by atoms with Crippen LogP contribution >= 0.6 is 0 Å². The Bertz CT molecular complexity index is 424. The zero-order valence-corrected chi connectivity index (χ0v) is 13.3. The van der Waals surface area contributed by atoms with Crippen molar-refractivity contribution in [3.05, 3.63) is 29.8 Å². The van der Waals surface area contributed by atoms with Gasteiger partial charge in [0.05, 0.1) is 12.2 Å². The van der Waals surface area contributed by atoms with E-state index in [4.69, 9.17) is 4.74 Å². The number of benzene rings is 1. The van der Waals surface area contributed by atoms with Crippen molar-refractivity contribution < 1.29 is 9.53 Å². The average molecular weight is 293 g/mol. The lowest BCUT2D eigenvalue weighted by molar-refractivity contribution is 0.0948. The van der Waals surface area contributed by atoms with Gasteiger partial charge in [-0.15, -0.1) is 0 Å². The molecule has 5 heteroatoms. The van der Waals surface area contributed by atoms with E-state index in [9.17, 15) is 4.79 Å². The number of anilines is 1. The molecule has 1 aromatic rings. The summed E-state index contributed by atoms with van der Waals surface area (Å²) >= 11 is 0. The molecule has 5 nitrogen and oxygen atoms in total. The fraction of sp³-hybridized carbons (Fsp3) is 0.562. The van der Waals surface area contributed by atoms with Gasteiger partial charge in [0.15, 0.2) is 0 Å². The van der Waals surface area contributed by atoms with Gasteiger partial charge in [0.2, 0.25) is 0 Å². The van der Waals surface area contributed by atoms with Crippen LogP contribution in [0.25, 0.3) is 0 Å². The van der Waals surface area contributed by atoms with Crippen molar-refractivity contribution >= 4 is 11.6 Å². The van der Waals surface area contributed by atoms with E-state index in [2.05, 4.69) is 22.5 Å². The van der Waals surface area contributed by atoms with Crippen LogP contribution in [0.3, 0.4) is 0 Å². The fourth-order valence-corrected chi connectivity index (χ4v) is 1.91. The third-order valence-electron chi connectivity index (χ3n) is 3.19. The highest BCUT2D eigenvalue weighted by atomic mass is 16.5. The Morgan fingerprint density at radius 2 is 2.00 bits per heavy atom. The van der Waals surface area contributed by atoms with E-state index in [0.717, 1.165) is 31.7 Å². The zero-order valence-electron chi connectivity index (χ0n) is 13.3. The molecule has 0 heterocycles. The molecule has 1 aromatic carbocycles. The third kappa shape index (κ3) is 6.60. The standard InChI is InChI=1S/C16H27N3O2/c1-4-9-17-15-8-6-5-7-14(15)16(20)18-10-11-19(2)12-13-21-3/h5-8,17H,4,9-13H2,1-3H3,(H,18,20). The van der Waals surface area contributed by atoms with Crippen LogP contribution in [0.15, 0.2) is 24.3 Å². The minimum atomic E-state index is -0.0330. The Morgan fingerprint density at radius 1 is 1.24 bits per heavy atom. The molecule has 0 saturated carbocycles. The number of methoxy groups -OCH3 is 1. The number of nitrogens with zero attached hydrogens (tertiary/aromatic N) is 1. The monoisotopic (exact) mass is 293 g/mol. The molecule has 0 fully saturated rings. The molecular formula is C16H27N3O2. The van der Waals surface area contributed by atoms with Crippen LogP contribution in [-0.2, 0) is 4.74 Å². The van der Waals surface area contributed by atoms with Gasteiger partial charge in [-0.25, -0.2) is 0 Å². The van der Waals surface area contributed by atoms with Crippen molar-refractivity contribution in [1.82, 2.24) is 10.2 Å². The van der Waals surface area contributed by atoms with Gasteiger partial charge in [0.25, 0.3) is 5.91 Å². The molecule has 118 valence electrons. The maximum atomic E-state index is 12.2. The Morgan fingerprint density at radius 3 is 2.71 bits per heavy atom. The molecule has 0 unspecified atom stereocenters. The van der Waals surface area contributed by atoms with Crippen LogP contribution in [0.1, 0.15) is 23.7 Å². The Hall–Kier alpha value is -1.59. The summed E-state index contributed by atoms with van der Waals surface area (Å²) < 4.78 is 5.03. The normalized spacial score (nSPS) is 10.7. The van der Waals surface area contributed by atoms with Crippen molar-refractivity contribution in [3.63, 3.8) is 0 Å². The van der Waals surface area contributed by atoms with E-state index in [0.29, 0.717) is 18.7 Å². The highest BCUT2D eigenvalue weighted by Crippen LogP contribution is 2.14. The molecule has 2 N–H and O–H groups in total. The first kappa shape index (κ1) is 17.5. The van der Waals surface area contributed by atoms with Crippen LogP contribution in [0, 0.1) is 0 Å². The van der Waals surface area contributed by atoms with Crippen molar-refractivity contribution in [2.24, 2.45) is 0 Å². The summed E-state index contributed by atoms with van der Waals surface area (Å²) in [7, 11) is 3.71. The van der Waals surface area contributed by atoms with Crippen LogP contribution in [0.5, 0.6) is 0 Å². The summed E-state index contributed by atoms with van der Waals surface area (Å²) in [6.07, 6.45) is 1.03. The molecule has 0 radical (unpaired) electrons. The van der Waals surface area contributed by atoms with Crippen LogP contribution in [0.2, 0.25) is 0 Å². The highest BCUT2D eigenvalue weighted by Gasteiger charge is 2.10. The second-order valence-electron chi connectivity index (χ2n) is 5.02. The number of likely N-dealkylation sites (N-methyl/N-ethyl adjacent to an activating group) is 1. The summed E-state index contributed by atoms with van der Waals surface area (Å²) in [5, 5.41) is 6.24. The smallest absolute Gasteiger partial charge is 0.253 e. The summed E-state index contributed by atoms with van der Waals surface area (Å²) in [4.78, 5) is 14.4. The first-order valence-corrected chi connectivity index (χ1v) is 7.47. The van der Waals surface area contributed by atoms with Gasteiger partial charge in [-0.3, -0.25) is 4.79 Å². The Labute approximate surface area is 127 Å². The molecule has 0 aliphatic carbocycles. The zero-order chi connectivity index (χ0) is 15.5. The predicted octanol–water partition coefficient (Wildman–Crippen LogP) is 1.82. The molecule has 0 bridgehead atoms. The lowest BCUT2D eigenvalue weighted by atomic mass is 10.1. The number of para-hydroxylation sites is 1. The SMILES string of the molecule is CCCNc1ccccc1C(=O)NCCN(C)CCOC. The molecule has 0 atom stereocenters. The number of nitrogens with one attached hydrogen (secondary N) is 2. The molecule has 0 aliphatic rings. The van der Waals surface area contributed by atoms with E-state index >= 15 is 0 Å². The number of hydrogen-bond acceptors (Lipinski definition) is 4. The highest BCUT2D eigenvalue weighted by molar-refractivity contribution is 5.99. The first-order valence-electron chi connectivity index (χ1n) is 7.47. The minimum Gasteiger partial charge on any atom is -0.384 e. The first-order chi connectivity index (χ1) is 10.2. The topological polar surface area (TPSA) is 53.6 Å². The molecule has 0 spiro atoms. The molecule has 1 amide bonds. The van der Waals surface area contributed by atoms with Crippen molar-refractivity contribution in [3.8, 4) is 0 Å². The minimum absolute atomic E-state index is 0.0330. The maximum Gasteiger partial charge on any atom is 0.253 e. The van der Waals surface area contributed by atoms with Gasteiger partial charge < -0.3 is 20.3 Å². The molecule has 0 saturated heterocycles. The van der Waals surface area contributed by atoms with Gasteiger partial charge in [-0.1, -0.05) is 19.1 Å². The quantitative estimate of drug-likeness (QED) is 0.691. The van der Waals surface area contributed by atoms with Crippen molar-refractivity contribution in [1.29, 1.82) is 0 Å². The van der Waals surface area contributed by atoms with Crippen LogP contribution in [0.4, 0.5) is 5.69 Å². The average Bonchev–Trinajstić information content (AvgIpc) is 2.51. The largest absolute Gasteiger partial charge is 0.384 e. The van der Waals surface area contributed by atoms with Gasteiger partial charge in [0, 0.05) is 39.0 Å². The van der Waals surface area contributed by atoms with E-state index in [1.165, 1.54) is 0 Å². The predicted molar refractivity (Wildman–Crippen MR) is 86.9 cm³/mol. The number of ether oxygens (including phenoxy) is 1. The number of rotatable bonds is 10.